The second-order valence-electron chi connectivity index (χ2n) is 5.00. The van der Waals surface area contributed by atoms with Crippen LogP contribution >= 0.6 is 0 Å². The Morgan fingerprint density at radius 1 is 1.33 bits per heavy atom. The van der Waals surface area contributed by atoms with Gasteiger partial charge in [0, 0.05) is 36.3 Å². The number of nitrogens with one attached hydrogen (secondary N) is 1. The number of fused-ring (bicyclic) bond motifs is 1. The van der Waals surface area contributed by atoms with Crippen molar-refractivity contribution in [2.24, 2.45) is 0 Å². The van der Waals surface area contributed by atoms with Gasteiger partial charge in [-0.1, -0.05) is 6.07 Å². The van der Waals surface area contributed by atoms with Gasteiger partial charge in [-0.05, 0) is 32.9 Å². The van der Waals surface area contributed by atoms with Crippen LogP contribution in [0.2, 0.25) is 0 Å². The highest BCUT2D eigenvalue weighted by Crippen LogP contribution is 2.28. The molecule has 1 amide bonds. The molecule has 0 aliphatic rings. The topological polar surface area (TPSA) is 71.2 Å². The smallest absolute Gasteiger partial charge is 0.244 e. The lowest BCUT2D eigenvalue weighted by molar-refractivity contribution is -0.131. The summed E-state index contributed by atoms with van der Waals surface area (Å²) in [5.41, 5.74) is 7.62. The Balaban J connectivity index is 2.23. The normalized spacial score (nSPS) is 12.1. The van der Waals surface area contributed by atoms with Crippen molar-refractivity contribution in [3.05, 3.63) is 30.6 Å². The molecule has 1 aromatic heterocycles. The average molecular weight is 286 g/mol. The minimum Gasteiger partial charge on any atom is -0.397 e. The number of nitrogen functional groups attached to an aromatic ring is 1. The summed E-state index contributed by atoms with van der Waals surface area (Å²) in [7, 11) is 0. The number of likely N-dealkylation sites (N-methyl/N-ethyl adjacent to an activating group) is 1. The van der Waals surface area contributed by atoms with Crippen molar-refractivity contribution in [1.29, 1.82) is 0 Å². The van der Waals surface area contributed by atoms with E-state index in [4.69, 9.17) is 5.73 Å². The van der Waals surface area contributed by atoms with E-state index in [2.05, 4.69) is 10.3 Å². The number of pyridine rings is 1. The van der Waals surface area contributed by atoms with Gasteiger partial charge in [-0.2, -0.15) is 0 Å². The van der Waals surface area contributed by atoms with Crippen molar-refractivity contribution < 1.29 is 4.79 Å². The molecule has 0 spiro atoms. The lowest BCUT2D eigenvalue weighted by atomic mass is 10.1. The lowest BCUT2D eigenvalue weighted by Gasteiger charge is -2.24. The number of amides is 1. The van der Waals surface area contributed by atoms with Crippen LogP contribution in [0.4, 0.5) is 11.4 Å². The van der Waals surface area contributed by atoms with Gasteiger partial charge in [0.25, 0.3) is 0 Å². The zero-order valence-electron chi connectivity index (χ0n) is 12.8. The Morgan fingerprint density at radius 2 is 2.05 bits per heavy atom. The van der Waals surface area contributed by atoms with E-state index in [1.165, 1.54) is 0 Å². The molecule has 5 nitrogen and oxygen atoms in total. The van der Waals surface area contributed by atoms with Gasteiger partial charge in [-0.3, -0.25) is 9.78 Å². The molecule has 2 aromatic rings. The second kappa shape index (κ2) is 6.43. The summed E-state index contributed by atoms with van der Waals surface area (Å²) >= 11 is 0. The third-order valence-corrected chi connectivity index (χ3v) is 3.68. The maximum atomic E-state index is 12.3. The maximum Gasteiger partial charge on any atom is 0.244 e. The van der Waals surface area contributed by atoms with E-state index in [0.29, 0.717) is 18.8 Å². The quantitative estimate of drug-likeness (QED) is 0.828. The van der Waals surface area contributed by atoms with Crippen LogP contribution in [0.15, 0.2) is 30.6 Å². The first-order valence-electron chi connectivity index (χ1n) is 7.26. The van der Waals surface area contributed by atoms with Gasteiger partial charge < -0.3 is 16.0 Å². The Bertz CT molecular complexity index is 637. The highest BCUT2D eigenvalue weighted by Gasteiger charge is 2.18. The summed E-state index contributed by atoms with van der Waals surface area (Å²) in [6.45, 7) is 7.23. The highest BCUT2D eigenvalue weighted by atomic mass is 16.2. The fourth-order valence-corrected chi connectivity index (χ4v) is 2.42. The first-order valence-corrected chi connectivity index (χ1v) is 7.26. The molecule has 21 heavy (non-hydrogen) atoms. The average Bonchev–Trinajstić information content (AvgIpc) is 2.51. The third-order valence-electron chi connectivity index (χ3n) is 3.68. The minimum atomic E-state index is -0.313. The zero-order chi connectivity index (χ0) is 15.4. The summed E-state index contributed by atoms with van der Waals surface area (Å²) in [4.78, 5) is 18.2. The predicted molar refractivity (Wildman–Crippen MR) is 87.2 cm³/mol. The second-order valence-corrected chi connectivity index (χ2v) is 5.00. The number of hydrogen-bond acceptors (Lipinski definition) is 4. The van der Waals surface area contributed by atoms with E-state index in [1.54, 1.807) is 17.3 Å². The maximum absolute atomic E-state index is 12.3. The van der Waals surface area contributed by atoms with Crippen LogP contribution in [-0.2, 0) is 4.79 Å². The van der Waals surface area contributed by atoms with Gasteiger partial charge >= 0.3 is 0 Å². The Labute approximate surface area is 125 Å². The number of nitrogens with zero attached hydrogens (tertiary/aromatic N) is 2. The number of rotatable bonds is 5. The number of anilines is 2. The molecule has 1 aromatic carbocycles. The Morgan fingerprint density at radius 3 is 2.71 bits per heavy atom. The predicted octanol–water partition coefficient (Wildman–Crippen LogP) is 2.49. The number of benzene rings is 1. The monoisotopic (exact) mass is 286 g/mol. The molecule has 3 N–H and O–H groups in total. The first-order chi connectivity index (χ1) is 10.1. The van der Waals surface area contributed by atoms with E-state index >= 15 is 0 Å². The number of nitrogens with two attached hydrogens (primary N) is 1. The molecule has 1 unspecified atom stereocenters. The fraction of sp³-hybridized carbons (Fsp3) is 0.375. The van der Waals surface area contributed by atoms with Crippen molar-refractivity contribution in [2.45, 2.75) is 26.8 Å². The van der Waals surface area contributed by atoms with E-state index in [9.17, 15) is 4.79 Å². The van der Waals surface area contributed by atoms with Crippen LogP contribution in [-0.4, -0.2) is 34.9 Å². The molecule has 0 radical (unpaired) electrons. The largest absolute Gasteiger partial charge is 0.397 e. The number of hydrogen-bond donors (Lipinski definition) is 2. The molecule has 112 valence electrons. The molecule has 0 fully saturated rings. The van der Waals surface area contributed by atoms with Crippen molar-refractivity contribution in [3.63, 3.8) is 0 Å². The summed E-state index contributed by atoms with van der Waals surface area (Å²) < 4.78 is 0. The van der Waals surface area contributed by atoms with Gasteiger partial charge in [0.05, 0.1) is 11.4 Å². The van der Waals surface area contributed by atoms with Crippen LogP contribution in [0.25, 0.3) is 10.8 Å². The molecule has 0 saturated carbocycles. The van der Waals surface area contributed by atoms with Gasteiger partial charge in [-0.25, -0.2) is 0 Å². The highest BCUT2D eigenvalue weighted by molar-refractivity contribution is 5.99. The van der Waals surface area contributed by atoms with Gasteiger partial charge in [0.2, 0.25) is 5.91 Å². The van der Waals surface area contributed by atoms with E-state index in [-0.39, 0.29) is 11.9 Å². The van der Waals surface area contributed by atoms with Crippen molar-refractivity contribution in [3.8, 4) is 0 Å². The summed E-state index contributed by atoms with van der Waals surface area (Å²) in [6, 6.07) is 5.42. The van der Waals surface area contributed by atoms with E-state index < -0.39 is 0 Å². The molecular weight excluding hydrogens is 264 g/mol. The lowest BCUT2D eigenvalue weighted by Crippen LogP contribution is -2.41. The molecule has 0 saturated heterocycles. The molecule has 1 heterocycles. The van der Waals surface area contributed by atoms with Crippen molar-refractivity contribution in [2.75, 3.05) is 24.1 Å². The summed E-state index contributed by atoms with van der Waals surface area (Å²) in [5, 5.41) is 5.15. The van der Waals surface area contributed by atoms with Crippen LogP contribution in [0, 0.1) is 0 Å². The van der Waals surface area contributed by atoms with Gasteiger partial charge in [0.1, 0.15) is 6.04 Å². The van der Waals surface area contributed by atoms with E-state index in [1.807, 2.05) is 39.0 Å². The number of carbonyl (C=O) groups excluding carboxylic acids is 1. The molecule has 1 atom stereocenters. The molecular formula is C16H22N4O. The molecule has 5 heteroatoms. The SMILES string of the molecule is CCN(CC)C(=O)C(C)Nc1ccc2cnccc2c1N. The van der Waals surface area contributed by atoms with Crippen LogP contribution in [0.1, 0.15) is 20.8 Å². The standard InChI is InChI=1S/C16H22N4O/c1-4-20(5-2)16(21)11(3)19-14-7-6-12-10-18-9-8-13(12)15(14)17/h6-11,19H,4-5,17H2,1-3H3. The van der Waals surface area contributed by atoms with Crippen LogP contribution in [0.5, 0.6) is 0 Å². The molecule has 0 aliphatic carbocycles. The first kappa shape index (κ1) is 15.1. The summed E-state index contributed by atoms with van der Waals surface area (Å²) in [6.07, 6.45) is 3.49. The molecule has 2 rings (SSSR count). The Hall–Kier alpha value is -2.30. The fourth-order valence-electron chi connectivity index (χ4n) is 2.42. The van der Waals surface area contributed by atoms with Crippen molar-refractivity contribution >= 4 is 28.1 Å². The van der Waals surface area contributed by atoms with Crippen molar-refractivity contribution in [1.82, 2.24) is 9.88 Å². The number of aromatic nitrogens is 1. The van der Waals surface area contributed by atoms with Crippen LogP contribution in [0.3, 0.4) is 0 Å². The summed E-state index contributed by atoms with van der Waals surface area (Å²) in [5.74, 6) is 0.0780. The van der Waals surface area contributed by atoms with Gasteiger partial charge in [-0.15, -0.1) is 0 Å². The zero-order valence-corrected chi connectivity index (χ0v) is 12.8. The van der Waals surface area contributed by atoms with Crippen LogP contribution < -0.4 is 11.1 Å². The number of carbonyl (C=O) groups is 1. The molecule has 0 bridgehead atoms. The van der Waals surface area contributed by atoms with Gasteiger partial charge in [0.15, 0.2) is 0 Å². The third kappa shape index (κ3) is 3.07. The molecule has 0 aliphatic heterocycles. The van der Waals surface area contributed by atoms with E-state index in [0.717, 1.165) is 16.5 Å². The minimum absolute atomic E-state index is 0.0780. The Kier molecular flexibility index (Phi) is 4.62.